The highest BCUT2D eigenvalue weighted by Crippen LogP contribution is 2.20. The first kappa shape index (κ1) is 21.0. The van der Waals surface area contributed by atoms with E-state index in [0.717, 1.165) is 5.56 Å². The number of hydrogen-bond acceptors (Lipinski definition) is 6. The molecule has 2 N–H and O–H groups in total. The lowest BCUT2D eigenvalue weighted by Gasteiger charge is -2.16. The van der Waals surface area contributed by atoms with Crippen LogP contribution in [0.25, 0.3) is 0 Å². The van der Waals surface area contributed by atoms with Gasteiger partial charge in [-0.15, -0.1) is 0 Å². The lowest BCUT2D eigenvalue weighted by atomic mass is 10.1. The third-order valence-electron chi connectivity index (χ3n) is 4.75. The minimum Gasteiger partial charge on any atom is -0.360 e. The molecule has 1 aromatic heterocycles. The maximum Gasteiger partial charge on any atom is 0.246 e. The largest absolute Gasteiger partial charge is 0.360 e. The van der Waals surface area contributed by atoms with Gasteiger partial charge >= 0.3 is 0 Å². The van der Waals surface area contributed by atoms with Gasteiger partial charge in [-0.1, -0.05) is 35.5 Å². The van der Waals surface area contributed by atoms with Crippen molar-refractivity contribution in [3.63, 3.8) is 0 Å². The van der Waals surface area contributed by atoms with Crippen molar-refractivity contribution in [2.24, 2.45) is 5.92 Å². The van der Waals surface area contributed by atoms with Crippen LogP contribution in [-0.4, -0.2) is 49.9 Å². The number of hydrogen-bond donors (Lipinski definition) is 2. The smallest absolute Gasteiger partial charge is 0.246 e. The Labute approximate surface area is 169 Å². The van der Waals surface area contributed by atoms with Crippen LogP contribution in [0.1, 0.15) is 23.4 Å². The monoisotopic (exact) mass is 420 g/mol. The normalized spacial score (nSPS) is 17.0. The molecule has 0 bridgehead atoms. The fraction of sp³-hybridized carbons (Fsp3) is 0.421. The number of benzene rings is 1. The van der Waals surface area contributed by atoms with Gasteiger partial charge in [-0.05, 0) is 19.4 Å². The van der Waals surface area contributed by atoms with E-state index in [1.807, 2.05) is 30.3 Å². The van der Waals surface area contributed by atoms with E-state index in [4.69, 9.17) is 4.52 Å². The summed E-state index contributed by atoms with van der Waals surface area (Å²) in [5, 5.41) is 6.33. The number of sulfonamides is 1. The number of aromatic nitrogens is 1. The zero-order valence-corrected chi connectivity index (χ0v) is 17.2. The lowest BCUT2D eigenvalue weighted by molar-refractivity contribution is -0.129. The predicted octanol–water partition coefficient (Wildman–Crippen LogP) is 0.735. The van der Waals surface area contributed by atoms with Crippen LogP contribution in [0.5, 0.6) is 0 Å². The quantitative estimate of drug-likeness (QED) is 0.608. The van der Waals surface area contributed by atoms with Gasteiger partial charge in [0.1, 0.15) is 10.6 Å². The van der Waals surface area contributed by atoms with E-state index in [1.54, 1.807) is 11.8 Å². The molecule has 1 fully saturated rings. The number of nitrogens with one attached hydrogen (secondary N) is 2. The van der Waals surface area contributed by atoms with Gasteiger partial charge in [0.2, 0.25) is 21.8 Å². The molecule has 1 unspecified atom stereocenters. The summed E-state index contributed by atoms with van der Waals surface area (Å²) < 4.78 is 31.9. The van der Waals surface area contributed by atoms with Gasteiger partial charge < -0.3 is 14.7 Å². The Morgan fingerprint density at radius 1 is 1.24 bits per heavy atom. The first-order chi connectivity index (χ1) is 13.8. The first-order valence-corrected chi connectivity index (χ1v) is 10.8. The Balaban J connectivity index is 1.46. The topological polar surface area (TPSA) is 122 Å². The van der Waals surface area contributed by atoms with Crippen LogP contribution in [0.2, 0.25) is 0 Å². The molecular weight excluding hydrogens is 396 g/mol. The van der Waals surface area contributed by atoms with E-state index < -0.39 is 15.9 Å². The highest BCUT2D eigenvalue weighted by molar-refractivity contribution is 7.89. The van der Waals surface area contributed by atoms with E-state index in [2.05, 4.69) is 15.2 Å². The van der Waals surface area contributed by atoms with Crippen molar-refractivity contribution in [2.75, 3.05) is 19.6 Å². The van der Waals surface area contributed by atoms with Crippen molar-refractivity contribution >= 4 is 21.8 Å². The van der Waals surface area contributed by atoms with Crippen molar-refractivity contribution in [3.8, 4) is 0 Å². The van der Waals surface area contributed by atoms with Crippen LogP contribution < -0.4 is 10.0 Å². The summed E-state index contributed by atoms with van der Waals surface area (Å²) in [6.07, 6.45) is 0.156. The Morgan fingerprint density at radius 2 is 1.97 bits per heavy atom. The Kier molecular flexibility index (Phi) is 6.33. The minimum absolute atomic E-state index is 0.0155. The first-order valence-electron chi connectivity index (χ1n) is 9.30. The van der Waals surface area contributed by atoms with E-state index in [-0.39, 0.29) is 47.7 Å². The number of rotatable bonds is 8. The second-order valence-corrected chi connectivity index (χ2v) is 8.71. The molecule has 0 radical (unpaired) electrons. The van der Waals surface area contributed by atoms with Crippen molar-refractivity contribution in [3.05, 3.63) is 47.3 Å². The third-order valence-corrected chi connectivity index (χ3v) is 6.46. The van der Waals surface area contributed by atoms with E-state index >= 15 is 0 Å². The lowest BCUT2D eigenvalue weighted by Crippen LogP contribution is -2.38. The molecule has 9 nitrogen and oxygen atoms in total. The summed E-state index contributed by atoms with van der Waals surface area (Å²) in [4.78, 5) is 26.2. The van der Waals surface area contributed by atoms with Crippen LogP contribution in [0.15, 0.2) is 39.8 Å². The van der Waals surface area contributed by atoms with Crippen molar-refractivity contribution < 1.29 is 22.5 Å². The Bertz CT molecular complexity index is 968. The van der Waals surface area contributed by atoms with Crippen molar-refractivity contribution in [1.82, 2.24) is 20.1 Å². The molecular formula is C19H24N4O5S. The van der Waals surface area contributed by atoms with Gasteiger partial charge in [0, 0.05) is 32.6 Å². The number of carbonyl (C=O) groups is 2. The summed E-state index contributed by atoms with van der Waals surface area (Å²) in [5.74, 6) is -0.550. The molecule has 0 spiro atoms. The second-order valence-electron chi connectivity index (χ2n) is 7.00. The number of carbonyl (C=O) groups excluding carboxylic acids is 2. The highest BCUT2D eigenvalue weighted by Gasteiger charge is 2.34. The minimum atomic E-state index is -3.77. The molecule has 2 heterocycles. The molecule has 1 aliphatic rings. The number of aryl methyl sites for hydroxylation is 2. The maximum atomic E-state index is 12.4. The molecule has 1 saturated heterocycles. The number of amides is 2. The van der Waals surface area contributed by atoms with Crippen LogP contribution in [-0.2, 0) is 26.2 Å². The number of nitrogens with zero attached hydrogens (tertiary/aromatic N) is 2. The fourth-order valence-corrected chi connectivity index (χ4v) is 4.71. The molecule has 2 amide bonds. The van der Waals surface area contributed by atoms with E-state index in [1.165, 1.54) is 6.92 Å². The highest BCUT2D eigenvalue weighted by atomic mass is 32.2. The molecule has 29 heavy (non-hydrogen) atoms. The molecule has 0 saturated carbocycles. The van der Waals surface area contributed by atoms with Crippen molar-refractivity contribution in [1.29, 1.82) is 0 Å². The summed E-state index contributed by atoms with van der Waals surface area (Å²) in [7, 11) is -3.77. The molecule has 2 aromatic rings. The van der Waals surface area contributed by atoms with Gasteiger partial charge in [0.05, 0.1) is 5.92 Å². The molecule has 10 heteroatoms. The Morgan fingerprint density at radius 3 is 2.62 bits per heavy atom. The molecule has 156 valence electrons. The average molecular weight is 420 g/mol. The molecule has 1 aliphatic heterocycles. The second kappa shape index (κ2) is 8.75. The maximum absolute atomic E-state index is 12.4. The van der Waals surface area contributed by atoms with E-state index in [9.17, 15) is 18.0 Å². The molecule has 1 aromatic carbocycles. The van der Waals surface area contributed by atoms with Gasteiger partial charge in [-0.25, -0.2) is 13.1 Å². The van der Waals surface area contributed by atoms with Crippen LogP contribution in [0.3, 0.4) is 0 Å². The van der Waals surface area contributed by atoms with Gasteiger partial charge in [-0.3, -0.25) is 9.59 Å². The van der Waals surface area contributed by atoms with Gasteiger partial charge in [0.15, 0.2) is 5.76 Å². The summed E-state index contributed by atoms with van der Waals surface area (Å²) in [6.45, 7) is 4.03. The van der Waals surface area contributed by atoms with E-state index in [0.29, 0.717) is 13.1 Å². The Hall–Kier alpha value is -2.72. The zero-order valence-electron chi connectivity index (χ0n) is 16.3. The van der Waals surface area contributed by atoms with Crippen LogP contribution in [0.4, 0.5) is 0 Å². The third kappa shape index (κ3) is 5.01. The zero-order chi connectivity index (χ0) is 21.0. The molecule has 0 aliphatic carbocycles. The summed E-state index contributed by atoms with van der Waals surface area (Å²) in [5.41, 5.74) is 1.29. The molecule has 3 rings (SSSR count). The molecule has 1 atom stereocenters. The van der Waals surface area contributed by atoms with Gasteiger partial charge in [-0.2, -0.15) is 0 Å². The fourth-order valence-electron chi connectivity index (χ4n) is 3.35. The van der Waals surface area contributed by atoms with Gasteiger partial charge in [0.25, 0.3) is 0 Å². The summed E-state index contributed by atoms with van der Waals surface area (Å²) >= 11 is 0. The van der Waals surface area contributed by atoms with Crippen LogP contribution >= 0.6 is 0 Å². The van der Waals surface area contributed by atoms with Crippen molar-refractivity contribution in [2.45, 2.75) is 31.7 Å². The average Bonchev–Trinajstić information content (AvgIpc) is 3.22. The predicted molar refractivity (Wildman–Crippen MR) is 104 cm³/mol. The van der Waals surface area contributed by atoms with Crippen LogP contribution in [0, 0.1) is 19.8 Å². The SMILES string of the molecule is Cc1noc(C)c1S(=O)(=O)NCCNC(=O)C1CC(=O)N(Cc2ccccc2)C1. The standard InChI is InChI=1S/C19H24N4O5S/c1-13-18(14(2)28-22-13)29(26,27)21-9-8-20-19(25)16-10-17(24)23(12-16)11-15-6-4-3-5-7-15/h3-7,16,21H,8-12H2,1-2H3,(H,20,25). The summed E-state index contributed by atoms with van der Waals surface area (Å²) in [6, 6.07) is 9.59. The number of likely N-dealkylation sites (tertiary alicyclic amines) is 1.